The summed E-state index contributed by atoms with van der Waals surface area (Å²) in [5, 5.41) is 6.70. The van der Waals surface area contributed by atoms with E-state index in [-0.39, 0.29) is 30.4 Å². The SMILES string of the molecule is Cn1c(C(F)F)cc(=O)n1CC(=O)N1CCC(c2nc(C3=NOC(c4c(F)cccc4F)C3)cs2)CC1. The molecule has 2 aliphatic rings. The van der Waals surface area contributed by atoms with Gasteiger partial charge in [-0.15, -0.1) is 11.3 Å². The highest BCUT2D eigenvalue weighted by Gasteiger charge is 2.31. The summed E-state index contributed by atoms with van der Waals surface area (Å²) in [7, 11) is 1.33. The molecule has 0 spiro atoms. The van der Waals surface area contributed by atoms with E-state index in [0.29, 0.717) is 37.3 Å². The predicted molar refractivity (Wildman–Crippen MR) is 127 cm³/mol. The molecule has 4 heterocycles. The topological polar surface area (TPSA) is 81.7 Å². The smallest absolute Gasteiger partial charge is 0.280 e. The maximum Gasteiger partial charge on any atom is 0.280 e. The zero-order chi connectivity index (χ0) is 26.3. The van der Waals surface area contributed by atoms with Crippen LogP contribution in [-0.4, -0.2) is 44.0 Å². The van der Waals surface area contributed by atoms with Crippen molar-refractivity contribution in [3.8, 4) is 0 Å². The summed E-state index contributed by atoms with van der Waals surface area (Å²) >= 11 is 1.45. The number of oxime groups is 1. The molecule has 1 amide bonds. The Hall–Kier alpha value is -3.48. The lowest BCUT2D eigenvalue weighted by atomic mass is 9.97. The minimum atomic E-state index is -2.80. The first-order valence-electron chi connectivity index (χ1n) is 11.7. The first-order chi connectivity index (χ1) is 17.7. The lowest BCUT2D eigenvalue weighted by molar-refractivity contribution is -0.133. The molecule has 1 atom stereocenters. The standard InChI is InChI=1S/C24H23F4N5O3S/c1-31-18(23(27)28)10-20(34)33(31)11-21(35)32-7-5-13(6-8-32)24-29-17(12-37-24)16-9-19(36-30-16)22-14(25)3-2-4-15(22)26/h2-4,10,12-13,19,23H,5-9,11H2,1H3. The average molecular weight is 538 g/mol. The number of alkyl halides is 2. The Balaban J connectivity index is 1.18. The minimum absolute atomic E-state index is 0.105. The number of benzene rings is 1. The molecule has 5 rings (SSSR count). The van der Waals surface area contributed by atoms with Crippen LogP contribution in [0.2, 0.25) is 0 Å². The van der Waals surface area contributed by atoms with Crippen molar-refractivity contribution in [1.82, 2.24) is 19.2 Å². The number of thiazole rings is 1. The van der Waals surface area contributed by atoms with Crippen molar-refractivity contribution in [3.05, 3.63) is 73.6 Å². The van der Waals surface area contributed by atoms with Gasteiger partial charge in [0.1, 0.15) is 29.6 Å². The van der Waals surface area contributed by atoms with Crippen LogP contribution >= 0.6 is 11.3 Å². The number of aromatic nitrogens is 3. The van der Waals surface area contributed by atoms with E-state index >= 15 is 0 Å². The highest BCUT2D eigenvalue weighted by Crippen LogP contribution is 2.35. The third-order valence-electron chi connectivity index (χ3n) is 6.78. The van der Waals surface area contributed by atoms with E-state index in [1.807, 2.05) is 5.38 Å². The van der Waals surface area contributed by atoms with Crippen molar-refractivity contribution >= 4 is 23.0 Å². The van der Waals surface area contributed by atoms with Crippen LogP contribution in [0.15, 0.2) is 39.6 Å². The second-order valence-corrected chi connectivity index (χ2v) is 9.88. The van der Waals surface area contributed by atoms with E-state index in [2.05, 4.69) is 10.1 Å². The van der Waals surface area contributed by atoms with Gasteiger partial charge < -0.3 is 9.74 Å². The molecule has 0 radical (unpaired) electrons. The largest absolute Gasteiger partial charge is 0.387 e. The normalized spacial score (nSPS) is 18.4. The number of rotatable bonds is 6. The Morgan fingerprint density at radius 2 is 1.92 bits per heavy atom. The van der Waals surface area contributed by atoms with Gasteiger partial charge in [0.05, 0.1) is 16.3 Å². The van der Waals surface area contributed by atoms with Gasteiger partial charge in [-0.3, -0.25) is 14.3 Å². The molecule has 37 heavy (non-hydrogen) atoms. The molecule has 13 heteroatoms. The first kappa shape index (κ1) is 25.2. The summed E-state index contributed by atoms with van der Waals surface area (Å²) in [5.41, 5.74) is -0.125. The molecule has 1 saturated heterocycles. The summed E-state index contributed by atoms with van der Waals surface area (Å²) in [4.78, 5) is 36.4. The van der Waals surface area contributed by atoms with Crippen molar-refractivity contribution in [3.63, 3.8) is 0 Å². The molecular weight excluding hydrogens is 514 g/mol. The van der Waals surface area contributed by atoms with Gasteiger partial charge in [-0.25, -0.2) is 27.2 Å². The number of halogens is 4. The van der Waals surface area contributed by atoms with Crippen LogP contribution in [0, 0.1) is 11.6 Å². The molecule has 1 fully saturated rings. The van der Waals surface area contributed by atoms with E-state index in [0.717, 1.165) is 20.4 Å². The fraction of sp³-hybridized carbons (Fsp3) is 0.417. The summed E-state index contributed by atoms with van der Waals surface area (Å²) < 4.78 is 56.3. The van der Waals surface area contributed by atoms with Gasteiger partial charge in [0.15, 0.2) is 6.10 Å². The molecule has 0 N–H and O–H groups in total. The Morgan fingerprint density at radius 3 is 2.57 bits per heavy atom. The van der Waals surface area contributed by atoms with E-state index in [4.69, 9.17) is 4.84 Å². The van der Waals surface area contributed by atoms with E-state index in [1.165, 1.54) is 36.6 Å². The zero-order valence-corrected chi connectivity index (χ0v) is 20.6. The van der Waals surface area contributed by atoms with Crippen molar-refractivity contribution in [1.29, 1.82) is 0 Å². The van der Waals surface area contributed by atoms with Gasteiger partial charge in [-0.1, -0.05) is 11.2 Å². The fourth-order valence-electron chi connectivity index (χ4n) is 4.68. The van der Waals surface area contributed by atoms with Crippen LogP contribution in [0.4, 0.5) is 17.6 Å². The van der Waals surface area contributed by atoms with Gasteiger partial charge in [-0.05, 0) is 25.0 Å². The van der Waals surface area contributed by atoms with Gasteiger partial charge in [0.25, 0.3) is 12.0 Å². The Bertz CT molecular complexity index is 1390. The molecule has 3 aromatic rings. The van der Waals surface area contributed by atoms with Gasteiger partial charge in [-0.2, -0.15) is 0 Å². The van der Waals surface area contributed by atoms with E-state index in [9.17, 15) is 27.2 Å². The Morgan fingerprint density at radius 1 is 1.22 bits per heavy atom. The lowest BCUT2D eigenvalue weighted by Crippen LogP contribution is -2.41. The maximum absolute atomic E-state index is 14.1. The number of hydrogen-bond donors (Lipinski definition) is 0. The monoisotopic (exact) mass is 537 g/mol. The number of carbonyl (C=O) groups is 1. The number of amides is 1. The Labute approximate surface area is 212 Å². The summed E-state index contributed by atoms with van der Waals surface area (Å²) in [6.07, 6.45) is -2.17. The van der Waals surface area contributed by atoms with Crippen LogP contribution in [0.1, 0.15) is 59.7 Å². The van der Waals surface area contributed by atoms with E-state index in [1.54, 1.807) is 4.90 Å². The van der Waals surface area contributed by atoms with Gasteiger partial charge >= 0.3 is 0 Å². The summed E-state index contributed by atoms with van der Waals surface area (Å²) in [6, 6.07) is 4.49. The molecule has 0 aliphatic carbocycles. The van der Waals surface area contributed by atoms with Crippen molar-refractivity contribution in [2.75, 3.05) is 13.1 Å². The van der Waals surface area contributed by atoms with Crippen LogP contribution in [0.25, 0.3) is 0 Å². The zero-order valence-electron chi connectivity index (χ0n) is 19.7. The van der Waals surface area contributed by atoms with Crippen LogP contribution in [-0.2, 0) is 23.2 Å². The third-order valence-corrected chi connectivity index (χ3v) is 7.78. The molecule has 0 saturated carbocycles. The average Bonchev–Trinajstić information content (AvgIpc) is 3.60. The van der Waals surface area contributed by atoms with E-state index < -0.39 is 35.4 Å². The quantitative estimate of drug-likeness (QED) is 0.443. The van der Waals surface area contributed by atoms with Gasteiger partial charge in [0.2, 0.25) is 5.91 Å². The number of hydrogen-bond acceptors (Lipinski definition) is 6. The third kappa shape index (κ3) is 4.91. The molecule has 1 aromatic carbocycles. The maximum atomic E-state index is 14.1. The minimum Gasteiger partial charge on any atom is -0.387 e. The molecular formula is C24H23F4N5O3S. The molecule has 196 valence electrons. The summed E-state index contributed by atoms with van der Waals surface area (Å²) in [5.74, 6) is -1.58. The fourth-order valence-corrected chi connectivity index (χ4v) is 5.68. The highest BCUT2D eigenvalue weighted by molar-refractivity contribution is 7.10. The van der Waals surface area contributed by atoms with Crippen molar-refractivity contribution in [2.24, 2.45) is 12.2 Å². The molecule has 2 aliphatic heterocycles. The predicted octanol–water partition coefficient (Wildman–Crippen LogP) is 4.13. The number of nitrogens with zero attached hydrogens (tertiary/aromatic N) is 5. The van der Waals surface area contributed by atoms with Crippen molar-refractivity contribution in [2.45, 2.75) is 44.3 Å². The lowest BCUT2D eigenvalue weighted by Gasteiger charge is -2.31. The van der Waals surface area contributed by atoms with Crippen LogP contribution in [0.5, 0.6) is 0 Å². The van der Waals surface area contributed by atoms with Crippen LogP contribution in [0.3, 0.4) is 0 Å². The first-order valence-corrected chi connectivity index (χ1v) is 12.6. The van der Waals surface area contributed by atoms with Crippen LogP contribution < -0.4 is 5.56 Å². The molecule has 0 bridgehead atoms. The molecule has 1 unspecified atom stereocenters. The highest BCUT2D eigenvalue weighted by atomic mass is 32.1. The van der Waals surface area contributed by atoms with Gasteiger partial charge in [0, 0.05) is 43.9 Å². The second kappa shape index (κ2) is 10.1. The second-order valence-electron chi connectivity index (χ2n) is 8.99. The molecule has 8 nitrogen and oxygen atoms in total. The number of likely N-dealkylation sites (tertiary alicyclic amines) is 1. The summed E-state index contributed by atoms with van der Waals surface area (Å²) in [6.45, 7) is 0.577. The number of piperidine rings is 1. The molecule has 2 aromatic heterocycles. The number of carbonyl (C=O) groups excluding carboxylic acids is 1. The van der Waals surface area contributed by atoms with Crippen molar-refractivity contribution < 1.29 is 27.2 Å². The Kier molecular flexibility index (Phi) is 6.88.